The fourth-order valence-corrected chi connectivity index (χ4v) is 5.44. The lowest BCUT2D eigenvalue weighted by Crippen LogP contribution is -2.35. The van der Waals surface area contributed by atoms with Crippen molar-refractivity contribution in [1.82, 2.24) is 5.32 Å². The maximum atomic E-state index is 13.2. The van der Waals surface area contributed by atoms with Crippen LogP contribution in [0, 0.1) is 6.92 Å². The Morgan fingerprint density at radius 3 is 2.54 bits per heavy atom. The van der Waals surface area contributed by atoms with Crippen LogP contribution in [0.4, 0.5) is 5.69 Å². The summed E-state index contributed by atoms with van der Waals surface area (Å²) in [7, 11) is -3.64. The molecule has 0 spiro atoms. The van der Waals surface area contributed by atoms with Crippen LogP contribution in [0.25, 0.3) is 0 Å². The van der Waals surface area contributed by atoms with Crippen LogP contribution in [0.1, 0.15) is 55.1 Å². The molecule has 0 aliphatic carbocycles. The monoisotopic (exact) mass is 400 g/mol. The van der Waals surface area contributed by atoms with Crippen molar-refractivity contribution in [2.75, 3.05) is 4.31 Å². The van der Waals surface area contributed by atoms with Gasteiger partial charge in [0.2, 0.25) is 0 Å². The van der Waals surface area contributed by atoms with E-state index in [4.69, 9.17) is 0 Å². The summed E-state index contributed by atoms with van der Waals surface area (Å²) in [6.45, 7) is 7.90. The molecule has 0 unspecified atom stereocenters. The van der Waals surface area contributed by atoms with E-state index in [1.54, 1.807) is 36.4 Å². The van der Waals surface area contributed by atoms with Crippen molar-refractivity contribution in [2.24, 2.45) is 0 Å². The summed E-state index contributed by atoms with van der Waals surface area (Å²) in [5, 5.41) is 3.00. The molecule has 2 aromatic carbocycles. The lowest BCUT2D eigenvalue weighted by molar-refractivity contribution is 0.0938. The second kappa shape index (κ2) is 7.95. The first-order chi connectivity index (χ1) is 13.2. The van der Waals surface area contributed by atoms with Crippen LogP contribution < -0.4 is 9.62 Å². The molecule has 3 rings (SSSR count). The van der Waals surface area contributed by atoms with E-state index in [0.29, 0.717) is 17.7 Å². The first-order valence-electron chi connectivity index (χ1n) is 9.79. The van der Waals surface area contributed by atoms with E-state index < -0.39 is 10.0 Å². The lowest BCUT2D eigenvalue weighted by atomic mass is 10.1. The van der Waals surface area contributed by atoms with E-state index >= 15 is 0 Å². The number of aryl methyl sites for hydroxylation is 1. The van der Waals surface area contributed by atoms with Crippen molar-refractivity contribution in [3.05, 3.63) is 59.2 Å². The summed E-state index contributed by atoms with van der Waals surface area (Å²) in [5.74, 6) is -0.115. The number of hydrogen-bond donors (Lipinski definition) is 1. The second-order valence-corrected chi connectivity index (χ2v) is 9.49. The lowest BCUT2D eigenvalue weighted by Gasteiger charge is -2.24. The quantitative estimate of drug-likeness (QED) is 0.795. The largest absolute Gasteiger partial charge is 0.350 e. The Bertz CT molecular complexity index is 968. The Balaban J connectivity index is 1.90. The SMILES string of the molecule is CCC[C@@H](C)NC(=O)c1ccc2c(c1)C[C@@H](C)N2S(=O)(=O)c1ccc(C)cc1. The summed E-state index contributed by atoms with van der Waals surface area (Å²) >= 11 is 0. The van der Waals surface area contributed by atoms with Gasteiger partial charge >= 0.3 is 0 Å². The predicted molar refractivity (Wildman–Crippen MR) is 112 cm³/mol. The number of sulfonamides is 1. The number of benzene rings is 2. The van der Waals surface area contributed by atoms with Crippen molar-refractivity contribution in [2.45, 2.75) is 63.9 Å². The van der Waals surface area contributed by atoms with E-state index in [2.05, 4.69) is 12.2 Å². The molecule has 0 aromatic heterocycles. The van der Waals surface area contributed by atoms with Crippen molar-refractivity contribution in [3.63, 3.8) is 0 Å². The Labute approximate surface area is 167 Å². The number of anilines is 1. The predicted octanol–water partition coefficient (Wildman–Crippen LogP) is 4.05. The molecule has 150 valence electrons. The summed E-state index contributed by atoms with van der Waals surface area (Å²) in [4.78, 5) is 12.8. The standard InChI is InChI=1S/C22H28N2O3S/c1-5-6-16(3)23-22(25)18-9-12-21-19(14-18)13-17(4)24(21)28(26,27)20-10-7-15(2)8-11-20/h7-12,14,16-17H,5-6,13H2,1-4H3,(H,23,25)/t16-,17-/m1/s1. The zero-order chi connectivity index (χ0) is 20.5. The highest BCUT2D eigenvalue weighted by Crippen LogP contribution is 2.37. The molecule has 0 radical (unpaired) electrons. The zero-order valence-electron chi connectivity index (χ0n) is 16.9. The smallest absolute Gasteiger partial charge is 0.264 e. The molecule has 0 fully saturated rings. The van der Waals surface area contributed by atoms with E-state index in [9.17, 15) is 13.2 Å². The molecule has 1 heterocycles. The minimum Gasteiger partial charge on any atom is -0.350 e. The van der Waals surface area contributed by atoms with E-state index in [1.165, 1.54) is 4.31 Å². The van der Waals surface area contributed by atoms with Crippen LogP contribution in [0.5, 0.6) is 0 Å². The van der Waals surface area contributed by atoms with Crippen molar-refractivity contribution in [1.29, 1.82) is 0 Å². The van der Waals surface area contributed by atoms with E-state index in [0.717, 1.165) is 24.0 Å². The maximum absolute atomic E-state index is 13.2. The van der Waals surface area contributed by atoms with Crippen LogP contribution in [0.15, 0.2) is 47.4 Å². The first kappa shape index (κ1) is 20.4. The fraction of sp³-hybridized carbons (Fsp3) is 0.409. The Morgan fingerprint density at radius 1 is 1.21 bits per heavy atom. The highest BCUT2D eigenvalue weighted by Gasteiger charge is 2.36. The molecule has 5 nitrogen and oxygen atoms in total. The summed E-state index contributed by atoms with van der Waals surface area (Å²) in [6, 6.07) is 12.1. The van der Waals surface area contributed by atoms with Gasteiger partial charge in [-0.1, -0.05) is 31.0 Å². The Morgan fingerprint density at radius 2 is 1.89 bits per heavy atom. The second-order valence-electron chi connectivity index (χ2n) is 7.67. The number of nitrogens with zero attached hydrogens (tertiary/aromatic N) is 1. The normalized spacial score (nSPS) is 17.3. The average Bonchev–Trinajstić information content (AvgIpc) is 2.97. The molecule has 1 aliphatic heterocycles. The first-order valence-corrected chi connectivity index (χ1v) is 11.2. The molecule has 6 heteroatoms. The molecule has 1 aliphatic rings. The van der Waals surface area contributed by atoms with Crippen molar-refractivity contribution >= 4 is 21.6 Å². The molecule has 1 amide bonds. The third-order valence-electron chi connectivity index (χ3n) is 5.17. The van der Waals surface area contributed by atoms with Gasteiger partial charge in [0.1, 0.15) is 0 Å². The number of fused-ring (bicyclic) bond motifs is 1. The Hall–Kier alpha value is -2.34. The molecule has 2 aromatic rings. The number of rotatable bonds is 6. The van der Waals surface area contributed by atoms with E-state index in [-0.39, 0.29) is 22.9 Å². The number of hydrogen-bond acceptors (Lipinski definition) is 3. The van der Waals surface area contributed by atoms with Gasteiger partial charge in [-0.15, -0.1) is 0 Å². The van der Waals surface area contributed by atoms with Gasteiger partial charge in [-0.3, -0.25) is 9.10 Å². The summed E-state index contributed by atoms with van der Waals surface area (Å²) < 4.78 is 27.9. The van der Waals surface area contributed by atoms with Gasteiger partial charge in [-0.25, -0.2) is 8.42 Å². The van der Waals surface area contributed by atoms with Gasteiger partial charge < -0.3 is 5.32 Å². The zero-order valence-corrected chi connectivity index (χ0v) is 17.7. The third kappa shape index (κ3) is 3.92. The highest BCUT2D eigenvalue weighted by molar-refractivity contribution is 7.92. The van der Waals surface area contributed by atoms with Crippen LogP contribution in [0.2, 0.25) is 0 Å². The minimum absolute atomic E-state index is 0.114. The molecular formula is C22H28N2O3S. The van der Waals surface area contributed by atoms with Gasteiger partial charge in [0.25, 0.3) is 15.9 Å². The van der Waals surface area contributed by atoms with Crippen LogP contribution >= 0.6 is 0 Å². The topological polar surface area (TPSA) is 66.5 Å². The molecule has 28 heavy (non-hydrogen) atoms. The number of carbonyl (C=O) groups excluding carboxylic acids is 1. The molecular weight excluding hydrogens is 372 g/mol. The third-order valence-corrected chi connectivity index (χ3v) is 7.11. The number of carbonyl (C=O) groups is 1. The van der Waals surface area contributed by atoms with Gasteiger partial charge in [0, 0.05) is 17.6 Å². The molecule has 0 saturated heterocycles. The fourth-order valence-electron chi connectivity index (χ4n) is 3.75. The van der Waals surface area contributed by atoms with Gasteiger partial charge in [-0.2, -0.15) is 0 Å². The van der Waals surface area contributed by atoms with Crippen LogP contribution in [-0.4, -0.2) is 26.4 Å². The minimum atomic E-state index is -3.64. The Kier molecular flexibility index (Phi) is 5.79. The molecule has 0 saturated carbocycles. The van der Waals surface area contributed by atoms with Gasteiger partial charge in [0.05, 0.1) is 10.6 Å². The van der Waals surface area contributed by atoms with Crippen LogP contribution in [0.3, 0.4) is 0 Å². The number of nitrogens with one attached hydrogen (secondary N) is 1. The van der Waals surface area contributed by atoms with Gasteiger partial charge in [-0.05, 0) is 69.5 Å². The molecule has 0 bridgehead atoms. The highest BCUT2D eigenvalue weighted by atomic mass is 32.2. The maximum Gasteiger partial charge on any atom is 0.264 e. The van der Waals surface area contributed by atoms with Crippen LogP contribution in [-0.2, 0) is 16.4 Å². The number of amides is 1. The summed E-state index contributed by atoms with van der Waals surface area (Å²) in [5.41, 5.74) is 3.13. The van der Waals surface area contributed by atoms with E-state index in [1.807, 2.05) is 26.8 Å². The van der Waals surface area contributed by atoms with Crippen molar-refractivity contribution in [3.8, 4) is 0 Å². The molecule has 2 atom stereocenters. The van der Waals surface area contributed by atoms with Crippen molar-refractivity contribution < 1.29 is 13.2 Å². The summed E-state index contributed by atoms with van der Waals surface area (Å²) in [6.07, 6.45) is 2.53. The van der Waals surface area contributed by atoms with Gasteiger partial charge in [0.15, 0.2) is 0 Å². The molecule has 1 N–H and O–H groups in total. The average molecular weight is 401 g/mol.